The summed E-state index contributed by atoms with van der Waals surface area (Å²) in [5, 5.41) is 23.1. The molecule has 2 rings (SSSR count). The molecule has 2 heterocycles. The van der Waals surface area contributed by atoms with Gasteiger partial charge in [0.2, 0.25) is 0 Å². The third-order valence-corrected chi connectivity index (χ3v) is 4.40. The molecule has 2 aliphatic heterocycles. The summed E-state index contributed by atoms with van der Waals surface area (Å²) in [6, 6.07) is -0.712. The van der Waals surface area contributed by atoms with Gasteiger partial charge in [-0.2, -0.15) is 13.2 Å². The number of fused-ring (bicyclic) bond motifs is 1. The van der Waals surface area contributed by atoms with Gasteiger partial charge < -0.3 is 25.0 Å². The van der Waals surface area contributed by atoms with E-state index in [1.807, 2.05) is 0 Å². The summed E-state index contributed by atoms with van der Waals surface area (Å²) in [6.45, 7) is 0. The average molecular weight is 316 g/mol. The Bertz CT molecular complexity index is 395. The standard InChI is InChI=1S/C10H15F3N2O4S/c1-14-9-15-3-4(16)5(17)6(19-8(3)20-9)7(18-2)10(11,12)13/h3-8,16-17H,1-2H3,(H,14,15). The minimum atomic E-state index is -4.70. The predicted octanol–water partition coefficient (Wildman–Crippen LogP) is -0.299. The molecule has 20 heavy (non-hydrogen) atoms. The molecule has 0 saturated carbocycles. The van der Waals surface area contributed by atoms with Crippen molar-refractivity contribution in [2.24, 2.45) is 4.99 Å². The second-order valence-corrected chi connectivity index (χ2v) is 5.55. The van der Waals surface area contributed by atoms with Crippen LogP contribution >= 0.6 is 11.8 Å². The highest BCUT2D eigenvalue weighted by molar-refractivity contribution is 8.14. The number of halogens is 3. The summed E-state index contributed by atoms with van der Waals surface area (Å²) < 4.78 is 48.2. The van der Waals surface area contributed by atoms with E-state index < -0.39 is 42.1 Å². The second-order valence-electron chi connectivity index (χ2n) is 4.46. The lowest BCUT2D eigenvalue weighted by Crippen LogP contribution is -2.63. The molecule has 0 aromatic carbocycles. The van der Waals surface area contributed by atoms with Gasteiger partial charge in [0.1, 0.15) is 23.7 Å². The molecule has 2 aliphatic rings. The largest absolute Gasteiger partial charge is 0.417 e. The Morgan fingerprint density at radius 2 is 2.05 bits per heavy atom. The average Bonchev–Trinajstić information content (AvgIpc) is 2.77. The number of rotatable bonds is 2. The first-order chi connectivity index (χ1) is 9.29. The molecule has 2 fully saturated rings. The van der Waals surface area contributed by atoms with E-state index in [0.29, 0.717) is 5.17 Å². The van der Waals surface area contributed by atoms with Crippen molar-refractivity contribution >= 4 is 16.9 Å². The van der Waals surface area contributed by atoms with Crippen LogP contribution in [0, 0.1) is 0 Å². The van der Waals surface area contributed by atoms with Crippen LogP contribution in [0.1, 0.15) is 0 Å². The molecule has 0 radical (unpaired) electrons. The van der Waals surface area contributed by atoms with Gasteiger partial charge in [-0.1, -0.05) is 11.8 Å². The molecular formula is C10H15F3N2O4S. The maximum absolute atomic E-state index is 12.8. The zero-order valence-corrected chi connectivity index (χ0v) is 11.5. The Labute approximate surface area is 117 Å². The Kier molecular flexibility index (Phi) is 4.50. The van der Waals surface area contributed by atoms with Crippen molar-refractivity contribution in [2.75, 3.05) is 14.2 Å². The molecule has 2 saturated heterocycles. The van der Waals surface area contributed by atoms with E-state index in [1.165, 1.54) is 7.05 Å². The first-order valence-electron chi connectivity index (χ1n) is 5.80. The highest BCUT2D eigenvalue weighted by Gasteiger charge is 2.57. The number of amidine groups is 1. The lowest BCUT2D eigenvalue weighted by atomic mass is 9.94. The van der Waals surface area contributed by atoms with Crippen molar-refractivity contribution in [1.82, 2.24) is 5.32 Å². The SMILES string of the molecule is CN=C1NC2C(OC(C(OC)C(F)(F)F)C(O)C2O)S1. The van der Waals surface area contributed by atoms with Crippen molar-refractivity contribution < 1.29 is 32.9 Å². The molecule has 0 spiro atoms. The van der Waals surface area contributed by atoms with Crippen LogP contribution in [0.25, 0.3) is 0 Å². The predicted molar refractivity (Wildman–Crippen MR) is 65.4 cm³/mol. The van der Waals surface area contributed by atoms with Crippen LogP contribution in [0.2, 0.25) is 0 Å². The summed E-state index contributed by atoms with van der Waals surface area (Å²) >= 11 is 1.07. The van der Waals surface area contributed by atoms with Gasteiger partial charge in [0, 0.05) is 14.2 Å². The number of aliphatic hydroxyl groups is 2. The van der Waals surface area contributed by atoms with Gasteiger partial charge in [-0.15, -0.1) is 0 Å². The number of aliphatic imine (C=N–C) groups is 1. The fourth-order valence-corrected chi connectivity index (χ4v) is 3.34. The fourth-order valence-electron chi connectivity index (χ4n) is 2.25. The van der Waals surface area contributed by atoms with Crippen LogP contribution in [0.3, 0.4) is 0 Å². The normalized spacial score (nSPS) is 41.4. The number of nitrogens with zero attached hydrogens (tertiary/aromatic N) is 1. The Balaban J connectivity index is 2.21. The first kappa shape index (κ1) is 15.8. The van der Waals surface area contributed by atoms with Crippen LogP contribution in [0.5, 0.6) is 0 Å². The minimum Gasteiger partial charge on any atom is -0.388 e. The molecule has 0 bridgehead atoms. The molecule has 6 atom stereocenters. The fraction of sp³-hybridized carbons (Fsp3) is 0.900. The Morgan fingerprint density at radius 1 is 1.40 bits per heavy atom. The summed E-state index contributed by atoms with van der Waals surface area (Å²) in [4.78, 5) is 3.85. The topological polar surface area (TPSA) is 83.3 Å². The highest BCUT2D eigenvalue weighted by atomic mass is 32.2. The molecule has 6 unspecified atom stereocenters. The van der Waals surface area contributed by atoms with Crippen LogP contribution in [-0.2, 0) is 9.47 Å². The van der Waals surface area contributed by atoms with E-state index in [0.717, 1.165) is 18.9 Å². The van der Waals surface area contributed by atoms with Crippen LogP contribution < -0.4 is 5.32 Å². The summed E-state index contributed by atoms with van der Waals surface area (Å²) in [5.41, 5.74) is -0.767. The molecule has 6 nitrogen and oxygen atoms in total. The molecule has 116 valence electrons. The number of methoxy groups -OCH3 is 1. The first-order valence-corrected chi connectivity index (χ1v) is 6.68. The van der Waals surface area contributed by atoms with Gasteiger partial charge in [0.25, 0.3) is 0 Å². The van der Waals surface area contributed by atoms with Crippen LogP contribution in [-0.4, -0.2) is 71.6 Å². The quantitative estimate of drug-likeness (QED) is 0.649. The number of ether oxygens (including phenoxy) is 2. The zero-order chi connectivity index (χ0) is 15.1. The van der Waals surface area contributed by atoms with E-state index in [9.17, 15) is 23.4 Å². The number of nitrogens with one attached hydrogen (secondary N) is 1. The number of alkyl halides is 3. The number of hydrogen-bond donors (Lipinski definition) is 3. The van der Waals surface area contributed by atoms with Gasteiger partial charge in [0.15, 0.2) is 11.3 Å². The van der Waals surface area contributed by atoms with Crippen LogP contribution in [0.4, 0.5) is 13.2 Å². The smallest absolute Gasteiger partial charge is 0.388 e. The number of thioether (sulfide) groups is 1. The van der Waals surface area contributed by atoms with E-state index in [1.54, 1.807) is 0 Å². The lowest BCUT2D eigenvalue weighted by molar-refractivity contribution is -0.279. The molecule has 0 aromatic heterocycles. The van der Waals surface area contributed by atoms with Crippen molar-refractivity contribution in [2.45, 2.75) is 42.1 Å². The monoisotopic (exact) mass is 316 g/mol. The highest BCUT2D eigenvalue weighted by Crippen LogP contribution is 2.38. The third-order valence-electron chi connectivity index (χ3n) is 3.23. The lowest BCUT2D eigenvalue weighted by Gasteiger charge is -2.41. The third kappa shape index (κ3) is 2.75. The summed E-state index contributed by atoms with van der Waals surface area (Å²) in [7, 11) is 2.38. The van der Waals surface area contributed by atoms with E-state index in [2.05, 4.69) is 15.0 Å². The number of aliphatic hydroxyl groups excluding tert-OH is 2. The summed E-state index contributed by atoms with van der Waals surface area (Å²) in [5.74, 6) is 0. The number of hydrogen-bond acceptors (Lipinski definition) is 6. The Morgan fingerprint density at radius 3 is 2.55 bits per heavy atom. The van der Waals surface area contributed by atoms with E-state index in [4.69, 9.17) is 4.74 Å². The van der Waals surface area contributed by atoms with E-state index >= 15 is 0 Å². The molecule has 3 N–H and O–H groups in total. The Hall–Kier alpha value is -0.550. The van der Waals surface area contributed by atoms with Gasteiger partial charge >= 0.3 is 6.18 Å². The van der Waals surface area contributed by atoms with E-state index in [-0.39, 0.29) is 0 Å². The molecule has 0 aliphatic carbocycles. The summed E-state index contributed by atoms with van der Waals surface area (Å²) in [6.07, 6.45) is -11.8. The van der Waals surface area contributed by atoms with Gasteiger partial charge in [-0.25, -0.2) is 0 Å². The molecule has 0 amide bonds. The van der Waals surface area contributed by atoms with Crippen molar-refractivity contribution in [1.29, 1.82) is 0 Å². The second kappa shape index (κ2) is 5.68. The molecular weight excluding hydrogens is 301 g/mol. The van der Waals surface area contributed by atoms with Crippen molar-refractivity contribution in [3.8, 4) is 0 Å². The maximum atomic E-state index is 12.8. The van der Waals surface area contributed by atoms with Crippen molar-refractivity contribution in [3.63, 3.8) is 0 Å². The minimum absolute atomic E-state index is 0.438. The molecule has 0 aromatic rings. The zero-order valence-electron chi connectivity index (χ0n) is 10.7. The van der Waals surface area contributed by atoms with Gasteiger partial charge in [-0.05, 0) is 0 Å². The van der Waals surface area contributed by atoms with Gasteiger partial charge in [0.05, 0.1) is 6.04 Å². The maximum Gasteiger partial charge on any atom is 0.417 e. The molecule has 10 heteroatoms. The van der Waals surface area contributed by atoms with Gasteiger partial charge in [-0.3, -0.25) is 4.99 Å². The van der Waals surface area contributed by atoms with Crippen molar-refractivity contribution in [3.05, 3.63) is 0 Å². The van der Waals surface area contributed by atoms with Crippen LogP contribution in [0.15, 0.2) is 4.99 Å².